The van der Waals surface area contributed by atoms with Crippen molar-refractivity contribution in [3.63, 3.8) is 0 Å². The molecule has 6 nitrogen and oxygen atoms in total. The first kappa shape index (κ1) is 24.2. The second kappa shape index (κ2) is 10.6. The van der Waals surface area contributed by atoms with Crippen molar-refractivity contribution < 1.29 is 27.6 Å². The molecule has 4 rings (SSSR count). The fraction of sp³-hybridized carbons (Fsp3) is 0. The summed E-state index contributed by atoms with van der Waals surface area (Å²) in [6.45, 7) is 0. The third-order valence-corrected chi connectivity index (χ3v) is 5.03. The molecule has 3 amide bonds. The number of carbonyl (C=O) groups is 3. The molecular formula is C27H18F3N3O3. The number of hydrogen-bond donors (Lipinski definition) is 3. The van der Waals surface area contributed by atoms with Gasteiger partial charge in [0.15, 0.2) is 0 Å². The fourth-order valence-electron chi connectivity index (χ4n) is 3.23. The maximum Gasteiger partial charge on any atom is 0.255 e. The van der Waals surface area contributed by atoms with Crippen molar-refractivity contribution in [3.05, 3.63) is 125 Å². The van der Waals surface area contributed by atoms with E-state index in [-0.39, 0.29) is 16.7 Å². The van der Waals surface area contributed by atoms with Crippen LogP contribution in [0.2, 0.25) is 0 Å². The number of hydrogen-bond acceptors (Lipinski definition) is 3. The van der Waals surface area contributed by atoms with E-state index in [2.05, 4.69) is 16.0 Å². The van der Waals surface area contributed by atoms with Crippen molar-refractivity contribution in [1.29, 1.82) is 0 Å². The molecule has 0 bridgehead atoms. The number of halogens is 3. The molecule has 180 valence electrons. The van der Waals surface area contributed by atoms with Crippen LogP contribution in [0, 0.1) is 17.5 Å². The van der Waals surface area contributed by atoms with Gasteiger partial charge in [-0.3, -0.25) is 14.4 Å². The van der Waals surface area contributed by atoms with Crippen LogP contribution in [0.1, 0.15) is 31.1 Å². The molecule has 4 aromatic carbocycles. The van der Waals surface area contributed by atoms with Crippen LogP contribution in [0.4, 0.5) is 30.2 Å². The van der Waals surface area contributed by atoms with E-state index in [0.717, 1.165) is 0 Å². The lowest BCUT2D eigenvalue weighted by atomic mass is 10.0. The highest BCUT2D eigenvalue weighted by atomic mass is 19.1. The van der Waals surface area contributed by atoms with Crippen LogP contribution in [0.25, 0.3) is 0 Å². The Morgan fingerprint density at radius 1 is 0.417 bits per heavy atom. The molecule has 0 fully saturated rings. The smallest absolute Gasteiger partial charge is 0.255 e. The predicted octanol–water partition coefficient (Wildman–Crippen LogP) is 5.86. The monoisotopic (exact) mass is 489 g/mol. The van der Waals surface area contributed by atoms with Crippen LogP contribution in [0.5, 0.6) is 0 Å². The van der Waals surface area contributed by atoms with E-state index in [4.69, 9.17) is 0 Å². The summed E-state index contributed by atoms with van der Waals surface area (Å²) in [6, 6.07) is 19.0. The molecule has 0 saturated carbocycles. The molecule has 0 aromatic heterocycles. The minimum absolute atomic E-state index is 0.0182. The topological polar surface area (TPSA) is 87.3 Å². The number of rotatable bonds is 6. The summed E-state index contributed by atoms with van der Waals surface area (Å²) in [5, 5.41) is 7.73. The number of anilines is 3. The molecule has 0 saturated heterocycles. The van der Waals surface area contributed by atoms with Gasteiger partial charge < -0.3 is 16.0 Å². The lowest BCUT2D eigenvalue weighted by molar-refractivity contribution is 0.102. The average molecular weight is 489 g/mol. The Labute approximate surface area is 203 Å². The van der Waals surface area contributed by atoms with E-state index in [0.29, 0.717) is 17.1 Å². The van der Waals surface area contributed by atoms with Crippen molar-refractivity contribution in [3.8, 4) is 0 Å². The minimum Gasteiger partial charge on any atom is -0.322 e. The van der Waals surface area contributed by atoms with Gasteiger partial charge in [0, 0.05) is 33.8 Å². The maximum absolute atomic E-state index is 13.2. The molecule has 36 heavy (non-hydrogen) atoms. The van der Waals surface area contributed by atoms with E-state index in [1.165, 1.54) is 91.0 Å². The molecular weight excluding hydrogens is 471 g/mol. The normalized spacial score (nSPS) is 10.4. The van der Waals surface area contributed by atoms with E-state index in [1.807, 2.05) is 0 Å². The second-order valence-corrected chi connectivity index (χ2v) is 7.68. The minimum atomic E-state index is -0.645. The first-order valence-electron chi connectivity index (χ1n) is 10.6. The van der Waals surface area contributed by atoms with Crippen LogP contribution in [0.15, 0.2) is 91.0 Å². The van der Waals surface area contributed by atoms with E-state index >= 15 is 0 Å². The molecule has 3 N–H and O–H groups in total. The Morgan fingerprint density at radius 2 is 0.639 bits per heavy atom. The summed E-state index contributed by atoms with van der Waals surface area (Å²) in [4.78, 5) is 38.7. The first-order chi connectivity index (χ1) is 17.3. The Hall–Kier alpha value is -4.92. The molecule has 9 heteroatoms. The molecule has 0 aliphatic rings. The van der Waals surface area contributed by atoms with Gasteiger partial charge in [-0.05, 0) is 91.0 Å². The zero-order valence-electron chi connectivity index (χ0n) is 18.5. The van der Waals surface area contributed by atoms with Crippen molar-refractivity contribution in [2.75, 3.05) is 16.0 Å². The zero-order chi connectivity index (χ0) is 25.7. The quantitative estimate of drug-likeness (QED) is 0.317. The number of nitrogens with one attached hydrogen (secondary N) is 3. The van der Waals surface area contributed by atoms with Gasteiger partial charge in [0.1, 0.15) is 17.5 Å². The third kappa shape index (κ3) is 6.15. The van der Waals surface area contributed by atoms with Crippen LogP contribution >= 0.6 is 0 Å². The van der Waals surface area contributed by atoms with Gasteiger partial charge in [-0.25, -0.2) is 13.2 Å². The van der Waals surface area contributed by atoms with Crippen LogP contribution in [0.3, 0.4) is 0 Å². The number of amides is 3. The highest BCUT2D eigenvalue weighted by molar-refractivity contribution is 6.12. The molecule has 0 aliphatic heterocycles. The lowest BCUT2D eigenvalue weighted by Crippen LogP contribution is -2.19. The Morgan fingerprint density at radius 3 is 0.861 bits per heavy atom. The number of carbonyl (C=O) groups excluding carboxylic acids is 3. The van der Waals surface area contributed by atoms with E-state index in [9.17, 15) is 27.6 Å². The fourth-order valence-corrected chi connectivity index (χ4v) is 3.23. The lowest BCUT2D eigenvalue weighted by Gasteiger charge is -2.12. The maximum atomic E-state index is 13.2. The molecule has 0 spiro atoms. The summed E-state index contributed by atoms with van der Waals surface area (Å²) in [6.07, 6.45) is 0. The molecule has 0 heterocycles. The van der Waals surface area contributed by atoms with E-state index < -0.39 is 35.2 Å². The van der Waals surface area contributed by atoms with E-state index in [1.54, 1.807) is 0 Å². The van der Waals surface area contributed by atoms with Gasteiger partial charge in [-0.1, -0.05) is 0 Å². The summed E-state index contributed by atoms with van der Waals surface area (Å²) >= 11 is 0. The summed E-state index contributed by atoms with van der Waals surface area (Å²) in [5.74, 6) is -3.37. The molecule has 0 aliphatic carbocycles. The van der Waals surface area contributed by atoms with Crippen LogP contribution in [-0.2, 0) is 0 Å². The molecule has 0 unspecified atom stereocenters. The van der Waals surface area contributed by atoms with Crippen LogP contribution < -0.4 is 16.0 Å². The summed E-state index contributed by atoms with van der Waals surface area (Å²) < 4.78 is 39.6. The first-order valence-corrected chi connectivity index (χ1v) is 10.6. The highest BCUT2D eigenvalue weighted by Gasteiger charge is 2.17. The Balaban J connectivity index is 1.64. The molecule has 4 aromatic rings. The van der Waals surface area contributed by atoms with Crippen molar-refractivity contribution in [2.24, 2.45) is 0 Å². The SMILES string of the molecule is O=C(Nc1ccc(F)cc1)c1cc(C(=O)Nc2ccc(F)cc2)cc(C(=O)Nc2ccc(F)cc2)c1. The summed E-state index contributed by atoms with van der Waals surface area (Å²) in [7, 11) is 0. The number of benzene rings is 4. The Kier molecular flexibility index (Phi) is 7.10. The van der Waals surface area contributed by atoms with Crippen molar-refractivity contribution in [2.45, 2.75) is 0 Å². The standard InChI is InChI=1S/C27H18F3N3O3/c28-19-1-7-22(8-2-19)31-25(34)16-13-17(26(35)32-23-9-3-20(29)4-10-23)15-18(14-16)27(36)33-24-11-5-21(30)6-12-24/h1-15H,(H,31,34)(H,32,35)(H,33,36). The second-order valence-electron chi connectivity index (χ2n) is 7.68. The van der Waals surface area contributed by atoms with Gasteiger partial charge in [-0.15, -0.1) is 0 Å². The average Bonchev–Trinajstić information content (AvgIpc) is 2.87. The highest BCUT2D eigenvalue weighted by Crippen LogP contribution is 2.18. The van der Waals surface area contributed by atoms with Gasteiger partial charge >= 0.3 is 0 Å². The molecule has 0 atom stereocenters. The van der Waals surface area contributed by atoms with Gasteiger partial charge in [0.25, 0.3) is 17.7 Å². The van der Waals surface area contributed by atoms with Crippen LogP contribution in [-0.4, -0.2) is 17.7 Å². The van der Waals surface area contributed by atoms with Gasteiger partial charge in [0.05, 0.1) is 0 Å². The van der Waals surface area contributed by atoms with Crippen molar-refractivity contribution in [1.82, 2.24) is 0 Å². The zero-order valence-corrected chi connectivity index (χ0v) is 18.5. The van der Waals surface area contributed by atoms with Gasteiger partial charge in [0.2, 0.25) is 0 Å². The summed E-state index contributed by atoms with van der Waals surface area (Å²) in [5.41, 5.74) is 0.862. The van der Waals surface area contributed by atoms with Gasteiger partial charge in [-0.2, -0.15) is 0 Å². The third-order valence-electron chi connectivity index (χ3n) is 5.03. The van der Waals surface area contributed by atoms with Crippen molar-refractivity contribution >= 4 is 34.8 Å². The largest absolute Gasteiger partial charge is 0.322 e. The molecule has 0 radical (unpaired) electrons. The predicted molar refractivity (Wildman–Crippen MR) is 130 cm³/mol. The Bertz CT molecular complexity index is 1230.